The van der Waals surface area contributed by atoms with Gasteiger partial charge in [-0.05, 0) is 19.8 Å². The number of carbonyl (C=O) groups excluding carboxylic acids is 1. The van der Waals surface area contributed by atoms with Crippen LogP contribution >= 0.6 is 0 Å². The smallest absolute Gasteiger partial charge is 0.402 e. The molecular formula is C10H17F3N2O4S. The summed E-state index contributed by atoms with van der Waals surface area (Å²) in [4.78, 5) is 11.5. The first kappa shape index (κ1) is 17.2. The van der Waals surface area contributed by atoms with Gasteiger partial charge in [0.15, 0.2) is 0 Å². The highest BCUT2D eigenvalue weighted by atomic mass is 32.2. The number of hydrogen-bond donors (Lipinski definition) is 1. The highest BCUT2D eigenvalue weighted by molar-refractivity contribution is 7.87. The molecule has 0 amide bonds. The van der Waals surface area contributed by atoms with Crippen LogP contribution in [0.1, 0.15) is 19.8 Å². The van der Waals surface area contributed by atoms with Gasteiger partial charge in [0.05, 0.1) is 12.5 Å². The molecular weight excluding hydrogens is 301 g/mol. The van der Waals surface area contributed by atoms with Crippen LogP contribution in [0.25, 0.3) is 0 Å². The van der Waals surface area contributed by atoms with Crippen molar-refractivity contribution in [3.05, 3.63) is 0 Å². The lowest BCUT2D eigenvalue weighted by Crippen LogP contribution is -2.48. The van der Waals surface area contributed by atoms with Gasteiger partial charge in [-0.3, -0.25) is 4.79 Å². The lowest BCUT2D eigenvalue weighted by Gasteiger charge is -2.30. The predicted molar refractivity (Wildman–Crippen MR) is 63.9 cm³/mol. The van der Waals surface area contributed by atoms with Crippen LogP contribution in [-0.2, 0) is 19.7 Å². The number of hydrogen-bond acceptors (Lipinski definition) is 4. The summed E-state index contributed by atoms with van der Waals surface area (Å²) < 4.78 is 66.5. The molecule has 1 saturated heterocycles. The van der Waals surface area contributed by atoms with Crippen LogP contribution in [0.5, 0.6) is 0 Å². The van der Waals surface area contributed by atoms with Gasteiger partial charge in [-0.25, -0.2) is 0 Å². The average molecular weight is 318 g/mol. The molecule has 1 N–H and O–H groups in total. The summed E-state index contributed by atoms with van der Waals surface area (Å²) in [5.41, 5.74) is 0. The van der Waals surface area contributed by atoms with Crippen molar-refractivity contribution in [3.8, 4) is 0 Å². The van der Waals surface area contributed by atoms with E-state index in [9.17, 15) is 26.4 Å². The predicted octanol–water partition coefficient (Wildman–Crippen LogP) is 0.658. The van der Waals surface area contributed by atoms with Gasteiger partial charge in [-0.1, -0.05) is 0 Å². The third-order valence-electron chi connectivity index (χ3n) is 2.87. The molecule has 10 heteroatoms. The van der Waals surface area contributed by atoms with E-state index in [1.807, 2.05) is 0 Å². The molecule has 0 aromatic heterocycles. The van der Waals surface area contributed by atoms with E-state index < -0.39 is 34.8 Å². The quantitative estimate of drug-likeness (QED) is 0.756. The Bertz CT molecular complexity index is 430. The molecule has 0 aromatic carbocycles. The molecule has 6 nitrogen and oxygen atoms in total. The maximum absolute atomic E-state index is 12.0. The van der Waals surface area contributed by atoms with E-state index in [2.05, 4.69) is 0 Å². The number of nitrogens with one attached hydrogen (secondary N) is 1. The van der Waals surface area contributed by atoms with E-state index in [1.165, 1.54) is 4.72 Å². The SMILES string of the molecule is CCOC(=O)C1CCN(S(=O)(=O)NCC(F)(F)F)CC1. The van der Waals surface area contributed by atoms with Crippen molar-refractivity contribution in [1.82, 2.24) is 9.03 Å². The second-order valence-electron chi connectivity index (χ2n) is 4.37. The van der Waals surface area contributed by atoms with Crippen molar-refractivity contribution in [3.63, 3.8) is 0 Å². The molecule has 1 fully saturated rings. The molecule has 0 aliphatic carbocycles. The van der Waals surface area contributed by atoms with Crippen molar-refractivity contribution in [2.45, 2.75) is 25.9 Å². The summed E-state index contributed by atoms with van der Waals surface area (Å²) in [6.45, 7) is 0.295. The first-order valence-electron chi connectivity index (χ1n) is 6.14. The minimum atomic E-state index is -4.60. The van der Waals surface area contributed by atoms with Gasteiger partial charge in [-0.2, -0.15) is 30.6 Å². The van der Waals surface area contributed by atoms with E-state index in [0.29, 0.717) is 0 Å². The van der Waals surface area contributed by atoms with Crippen LogP contribution in [0.3, 0.4) is 0 Å². The summed E-state index contributed by atoms with van der Waals surface area (Å²) in [6.07, 6.45) is -4.12. The maximum atomic E-state index is 12.0. The van der Waals surface area contributed by atoms with Crippen molar-refractivity contribution in [2.75, 3.05) is 26.2 Å². The van der Waals surface area contributed by atoms with Crippen LogP contribution < -0.4 is 4.72 Å². The van der Waals surface area contributed by atoms with E-state index in [-0.39, 0.29) is 32.5 Å². The number of carbonyl (C=O) groups is 1. The Labute approximate surface area is 115 Å². The third-order valence-corrected chi connectivity index (χ3v) is 4.42. The Balaban J connectivity index is 2.50. The molecule has 0 bridgehead atoms. The summed E-state index contributed by atoms with van der Waals surface area (Å²) in [7, 11) is -4.17. The number of halogens is 3. The molecule has 0 radical (unpaired) electrons. The van der Waals surface area contributed by atoms with Crippen molar-refractivity contribution in [1.29, 1.82) is 0 Å². The average Bonchev–Trinajstić information content (AvgIpc) is 2.36. The highest BCUT2D eigenvalue weighted by Gasteiger charge is 2.35. The lowest BCUT2D eigenvalue weighted by molar-refractivity contribution is -0.149. The molecule has 1 aliphatic rings. The molecule has 0 atom stereocenters. The molecule has 0 saturated carbocycles. The first-order valence-corrected chi connectivity index (χ1v) is 7.58. The molecule has 0 spiro atoms. The second kappa shape index (κ2) is 6.72. The third kappa shape index (κ3) is 5.25. The second-order valence-corrected chi connectivity index (χ2v) is 6.12. The largest absolute Gasteiger partial charge is 0.466 e. The topological polar surface area (TPSA) is 75.7 Å². The number of piperidine rings is 1. The zero-order valence-corrected chi connectivity index (χ0v) is 11.8. The zero-order valence-electron chi connectivity index (χ0n) is 10.9. The number of esters is 1. The number of rotatable bonds is 5. The monoisotopic (exact) mass is 318 g/mol. The van der Waals surface area contributed by atoms with Crippen LogP contribution in [0.4, 0.5) is 13.2 Å². The van der Waals surface area contributed by atoms with Gasteiger partial charge in [0.2, 0.25) is 0 Å². The normalized spacial score (nSPS) is 19.0. The van der Waals surface area contributed by atoms with Gasteiger partial charge in [0.1, 0.15) is 6.54 Å². The van der Waals surface area contributed by atoms with Crippen LogP contribution in [-0.4, -0.2) is 51.1 Å². The van der Waals surface area contributed by atoms with Crippen LogP contribution in [0.15, 0.2) is 0 Å². The van der Waals surface area contributed by atoms with E-state index >= 15 is 0 Å². The minimum absolute atomic E-state index is 0.00330. The molecule has 1 aliphatic heterocycles. The van der Waals surface area contributed by atoms with Crippen molar-refractivity contribution >= 4 is 16.2 Å². The van der Waals surface area contributed by atoms with Gasteiger partial charge in [-0.15, -0.1) is 0 Å². The van der Waals surface area contributed by atoms with E-state index in [1.54, 1.807) is 6.92 Å². The van der Waals surface area contributed by atoms with Gasteiger partial charge in [0, 0.05) is 13.1 Å². The van der Waals surface area contributed by atoms with E-state index in [0.717, 1.165) is 4.31 Å². The number of ether oxygens (including phenoxy) is 1. The summed E-state index contributed by atoms with van der Waals surface area (Å²) in [6, 6.07) is 0. The molecule has 1 heterocycles. The van der Waals surface area contributed by atoms with Gasteiger partial charge in [0.25, 0.3) is 10.2 Å². The molecule has 20 heavy (non-hydrogen) atoms. The summed E-state index contributed by atoms with van der Waals surface area (Å²) >= 11 is 0. The van der Waals surface area contributed by atoms with Crippen LogP contribution in [0, 0.1) is 5.92 Å². The first-order chi connectivity index (χ1) is 9.15. The maximum Gasteiger partial charge on any atom is 0.402 e. The number of nitrogens with zero attached hydrogens (tertiary/aromatic N) is 1. The van der Waals surface area contributed by atoms with Gasteiger partial charge < -0.3 is 4.74 Å². The Morgan fingerprint density at radius 2 is 1.90 bits per heavy atom. The Kier molecular flexibility index (Phi) is 5.78. The molecule has 1 rings (SSSR count). The highest BCUT2D eigenvalue weighted by Crippen LogP contribution is 2.21. The summed E-state index contributed by atoms with van der Waals surface area (Å²) in [5, 5.41) is 0. The minimum Gasteiger partial charge on any atom is -0.466 e. The number of alkyl halides is 3. The van der Waals surface area contributed by atoms with Crippen molar-refractivity contribution in [2.24, 2.45) is 5.92 Å². The molecule has 118 valence electrons. The molecule has 0 aromatic rings. The lowest BCUT2D eigenvalue weighted by atomic mass is 9.98. The van der Waals surface area contributed by atoms with E-state index in [4.69, 9.17) is 4.74 Å². The fraction of sp³-hybridized carbons (Fsp3) is 0.900. The molecule has 0 unspecified atom stereocenters. The fourth-order valence-electron chi connectivity index (χ4n) is 1.86. The summed E-state index contributed by atoms with van der Waals surface area (Å²) in [5.74, 6) is -0.795. The Hall–Kier alpha value is -0.870. The fourth-order valence-corrected chi connectivity index (χ4v) is 3.08. The Morgan fingerprint density at radius 3 is 2.35 bits per heavy atom. The van der Waals surface area contributed by atoms with Gasteiger partial charge >= 0.3 is 12.1 Å². The zero-order chi connectivity index (χ0) is 15.4. The van der Waals surface area contributed by atoms with Crippen LogP contribution in [0.2, 0.25) is 0 Å². The van der Waals surface area contributed by atoms with Crippen molar-refractivity contribution < 1.29 is 31.1 Å². The standard InChI is InChI=1S/C10H17F3N2O4S/c1-2-19-9(16)8-3-5-15(6-4-8)20(17,18)14-7-10(11,12)13/h8,14H,2-7H2,1H3. The Morgan fingerprint density at radius 1 is 1.35 bits per heavy atom.